The normalized spacial score (nSPS) is 14.6. The van der Waals surface area contributed by atoms with E-state index < -0.39 is 6.03 Å². The van der Waals surface area contributed by atoms with Crippen molar-refractivity contribution in [2.75, 3.05) is 26.2 Å². The zero-order valence-corrected chi connectivity index (χ0v) is 14.6. The lowest BCUT2D eigenvalue weighted by atomic mass is 10.1. The Labute approximate surface area is 153 Å². The number of primary amides is 1. The van der Waals surface area contributed by atoms with E-state index in [1.807, 2.05) is 54.6 Å². The van der Waals surface area contributed by atoms with E-state index in [9.17, 15) is 9.59 Å². The third-order valence-electron chi connectivity index (χ3n) is 4.44. The molecule has 1 heterocycles. The molecule has 2 aromatic carbocycles. The Morgan fingerprint density at radius 3 is 2.23 bits per heavy atom. The number of nitrogens with two attached hydrogens (primary N) is 1. The largest absolute Gasteiger partial charge is 0.489 e. The van der Waals surface area contributed by atoms with Gasteiger partial charge in [0.2, 0.25) is 0 Å². The second-order valence-corrected chi connectivity index (χ2v) is 6.27. The number of benzene rings is 2. The number of nitrogens with zero attached hydrogens (tertiary/aromatic N) is 2. The van der Waals surface area contributed by atoms with E-state index in [0.717, 1.165) is 17.7 Å². The van der Waals surface area contributed by atoms with E-state index in [4.69, 9.17) is 10.5 Å². The molecule has 1 aliphatic rings. The second kappa shape index (κ2) is 8.38. The van der Waals surface area contributed by atoms with Gasteiger partial charge >= 0.3 is 6.03 Å². The molecule has 1 fully saturated rings. The summed E-state index contributed by atoms with van der Waals surface area (Å²) in [6.45, 7) is 2.65. The van der Waals surface area contributed by atoms with E-state index >= 15 is 0 Å². The van der Waals surface area contributed by atoms with Crippen molar-refractivity contribution in [3.8, 4) is 5.75 Å². The summed E-state index contributed by atoms with van der Waals surface area (Å²) in [5, 5.41) is 0. The number of carbonyl (C=O) groups is 2. The molecule has 1 aliphatic heterocycles. The van der Waals surface area contributed by atoms with Gasteiger partial charge in [0.1, 0.15) is 12.4 Å². The van der Waals surface area contributed by atoms with Crippen molar-refractivity contribution >= 4 is 11.9 Å². The molecule has 0 unspecified atom stereocenters. The highest BCUT2D eigenvalue weighted by molar-refractivity contribution is 5.94. The fourth-order valence-corrected chi connectivity index (χ4v) is 2.95. The molecule has 0 radical (unpaired) electrons. The first kappa shape index (κ1) is 17.8. The lowest BCUT2D eigenvalue weighted by Gasteiger charge is -2.21. The van der Waals surface area contributed by atoms with E-state index in [1.54, 1.807) is 9.80 Å². The third kappa shape index (κ3) is 4.53. The highest BCUT2D eigenvalue weighted by atomic mass is 16.5. The van der Waals surface area contributed by atoms with Gasteiger partial charge in [-0.25, -0.2) is 4.79 Å². The van der Waals surface area contributed by atoms with Crippen LogP contribution in [0.5, 0.6) is 5.75 Å². The molecule has 0 aliphatic carbocycles. The predicted octanol–water partition coefficient (Wildman–Crippen LogP) is 2.49. The molecule has 2 aromatic rings. The van der Waals surface area contributed by atoms with E-state index in [1.165, 1.54) is 0 Å². The van der Waals surface area contributed by atoms with Crippen molar-refractivity contribution in [2.45, 2.75) is 13.0 Å². The summed E-state index contributed by atoms with van der Waals surface area (Å²) >= 11 is 0. The van der Waals surface area contributed by atoms with Crippen LogP contribution in [-0.2, 0) is 6.61 Å². The molecule has 1 saturated heterocycles. The Morgan fingerprint density at radius 1 is 0.885 bits per heavy atom. The number of urea groups is 1. The molecule has 3 amide bonds. The zero-order valence-electron chi connectivity index (χ0n) is 14.6. The van der Waals surface area contributed by atoms with Crippen LogP contribution in [0.2, 0.25) is 0 Å². The summed E-state index contributed by atoms with van der Waals surface area (Å²) in [7, 11) is 0. The molecule has 3 rings (SSSR count). The average molecular weight is 353 g/mol. The minimum absolute atomic E-state index is 0.0214. The van der Waals surface area contributed by atoms with Crippen molar-refractivity contribution < 1.29 is 14.3 Å². The number of para-hydroxylation sites is 1. The molecule has 0 spiro atoms. The van der Waals surface area contributed by atoms with Crippen molar-refractivity contribution in [1.82, 2.24) is 9.80 Å². The molecular weight excluding hydrogens is 330 g/mol. The standard InChI is InChI=1S/C20H23N3O3/c21-20(25)23-12-4-11-22(13-14-23)19(24)17-9-7-16(8-10-17)15-26-18-5-2-1-3-6-18/h1-3,5-10H,4,11-15H2,(H2,21,25). The lowest BCUT2D eigenvalue weighted by molar-refractivity contribution is 0.0762. The maximum Gasteiger partial charge on any atom is 0.314 e. The van der Waals surface area contributed by atoms with Crippen LogP contribution in [0.1, 0.15) is 22.3 Å². The number of rotatable bonds is 4. The fourth-order valence-electron chi connectivity index (χ4n) is 2.95. The van der Waals surface area contributed by atoms with E-state index in [2.05, 4.69) is 0 Å². The molecule has 0 saturated carbocycles. The van der Waals surface area contributed by atoms with E-state index in [0.29, 0.717) is 38.3 Å². The third-order valence-corrected chi connectivity index (χ3v) is 4.44. The first-order valence-electron chi connectivity index (χ1n) is 8.74. The van der Waals surface area contributed by atoms with Crippen LogP contribution in [0.3, 0.4) is 0 Å². The topological polar surface area (TPSA) is 75.9 Å². The van der Waals surface area contributed by atoms with Gasteiger partial charge in [0.15, 0.2) is 0 Å². The van der Waals surface area contributed by atoms with Gasteiger partial charge in [-0.05, 0) is 36.2 Å². The van der Waals surface area contributed by atoms with Crippen LogP contribution in [0, 0.1) is 0 Å². The molecule has 0 bridgehead atoms. The molecule has 26 heavy (non-hydrogen) atoms. The van der Waals surface area contributed by atoms with Gasteiger partial charge in [0.25, 0.3) is 5.91 Å². The Balaban J connectivity index is 1.57. The Hall–Kier alpha value is -3.02. The van der Waals surface area contributed by atoms with Gasteiger partial charge in [-0.2, -0.15) is 0 Å². The SMILES string of the molecule is NC(=O)N1CCCN(C(=O)c2ccc(COc3ccccc3)cc2)CC1. The van der Waals surface area contributed by atoms with Crippen LogP contribution in [-0.4, -0.2) is 47.9 Å². The molecule has 0 aromatic heterocycles. The minimum atomic E-state index is -0.429. The van der Waals surface area contributed by atoms with Gasteiger partial charge in [-0.1, -0.05) is 30.3 Å². The number of carbonyl (C=O) groups excluding carboxylic acids is 2. The Bertz CT molecular complexity index is 747. The number of hydrogen-bond donors (Lipinski definition) is 1. The van der Waals surface area contributed by atoms with Gasteiger partial charge in [0, 0.05) is 31.7 Å². The van der Waals surface area contributed by atoms with Crippen molar-refractivity contribution in [2.24, 2.45) is 5.73 Å². The number of hydrogen-bond acceptors (Lipinski definition) is 3. The van der Waals surface area contributed by atoms with Gasteiger partial charge in [-0.15, -0.1) is 0 Å². The van der Waals surface area contributed by atoms with Crippen molar-refractivity contribution in [3.63, 3.8) is 0 Å². The first-order valence-corrected chi connectivity index (χ1v) is 8.74. The summed E-state index contributed by atoms with van der Waals surface area (Å²) in [6.07, 6.45) is 0.734. The summed E-state index contributed by atoms with van der Waals surface area (Å²) in [5.41, 5.74) is 6.97. The summed E-state index contributed by atoms with van der Waals surface area (Å²) in [5.74, 6) is 0.795. The van der Waals surface area contributed by atoms with Crippen LogP contribution in [0.15, 0.2) is 54.6 Å². The highest BCUT2D eigenvalue weighted by Crippen LogP contribution is 2.14. The van der Waals surface area contributed by atoms with Crippen molar-refractivity contribution in [3.05, 3.63) is 65.7 Å². The fraction of sp³-hybridized carbons (Fsp3) is 0.300. The predicted molar refractivity (Wildman–Crippen MR) is 98.9 cm³/mol. The Kier molecular flexibility index (Phi) is 5.73. The lowest BCUT2D eigenvalue weighted by Crippen LogP contribution is -2.39. The summed E-state index contributed by atoms with van der Waals surface area (Å²) in [4.78, 5) is 27.3. The van der Waals surface area contributed by atoms with Crippen molar-refractivity contribution in [1.29, 1.82) is 0 Å². The smallest absolute Gasteiger partial charge is 0.314 e. The van der Waals surface area contributed by atoms with E-state index in [-0.39, 0.29) is 5.91 Å². The van der Waals surface area contributed by atoms with Crippen LogP contribution >= 0.6 is 0 Å². The summed E-state index contributed by atoms with van der Waals surface area (Å²) in [6, 6.07) is 16.6. The summed E-state index contributed by atoms with van der Waals surface area (Å²) < 4.78 is 5.71. The quantitative estimate of drug-likeness (QED) is 0.917. The number of amides is 3. The highest BCUT2D eigenvalue weighted by Gasteiger charge is 2.21. The average Bonchev–Trinajstić information content (AvgIpc) is 2.93. The first-order chi connectivity index (χ1) is 12.6. The van der Waals surface area contributed by atoms with Gasteiger partial charge < -0.3 is 20.3 Å². The van der Waals surface area contributed by atoms with Gasteiger partial charge in [0.05, 0.1) is 0 Å². The zero-order chi connectivity index (χ0) is 18.4. The van der Waals surface area contributed by atoms with Crippen LogP contribution < -0.4 is 10.5 Å². The monoisotopic (exact) mass is 353 g/mol. The van der Waals surface area contributed by atoms with Crippen LogP contribution in [0.25, 0.3) is 0 Å². The minimum Gasteiger partial charge on any atom is -0.489 e. The maximum atomic E-state index is 12.7. The molecule has 6 nitrogen and oxygen atoms in total. The second-order valence-electron chi connectivity index (χ2n) is 6.27. The molecular formula is C20H23N3O3. The molecule has 136 valence electrons. The van der Waals surface area contributed by atoms with Gasteiger partial charge in [-0.3, -0.25) is 4.79 Å². The Morgan fingerprint density at radius 2 is 1.54 bits per heavy atom. The molecule has 2 N–H and O–H groups in total. The maximum absolute atomic E-state index is 12.7. The molecule has 0 atom stereocenters. The van der Waals surface area contributed by atoms with Crippen LogP contribution in [0.4, 0.5) is 4.79 Å². The molecule has 6 heteroatoms. The number of ether oxygens (including phenoxy) is 1.